The van der Waals surface area contributed by atoms with Crippen molar-refractivity contribution in [3.63, 3.8) is 0 Å². The van der Waals surface area contributed by atoms with Gasteiger partial charge in [-0.3, -0.25) is 4.98 Å². The number of hydrogen-bond acceptors (Lipinski definition) is 3. The second-order valence-electron chi connectivity index (χ2n) is 3.91. The second kappa shape index (κ2) is 11.6. The van der Waals surface area contributed by atoms with Crippen molar-refractivity contribution in [3.8, 4) is 0 Å². The third-order valence-electron chi connectivity index (χ3n) is 2.55. The monoisotopic (exact) mass is 286 g/mol. The molecule has 2 rings (SSSR count). The first-order valence-corrected chi connectivity index (χ1v) is 7.47. The predicted octanol–water partition coefficient (Wildman–Crippen LogP) is 4.86. The maximum absolute atomic E-state index is 9.09. The molecule has 3 heteroatoms. The molecule has 1 aromatic carbocycles. The third kappa shape index (κ3) is 6.70. The zero-order valence-electron chi connectivity index (χ0n) is 13.7. The van der Waals surface area contributed by atoms with E-state index in [1.807, 2.05) is 77.1 Å². The summed E-state index contributed by atoms with van der Waals surface area (Å²) in [6.45, 7) is 10.0. The highest BCUT2D eigenvalue weighted by Crippen LogP contribution is 2.09. The van der Waals surface area contributed by atoms with E-state index in [9.17, 15) is 0 Å². The molecule has 0 bridgehead atoms. The number of aromatic nitrogens is 1. The molecule has 0 radical (unpaired) electrons. The van der Waals surface area contributed by atoms with Crippen LogP contribution in [0.25, 0.3) is 0 Å². The van der Waals surface area contributed by atoms with Gasteiger partial charge in [0, 0.05) is 18.3 Å². The maximum Gasteiger partial charge on any atom is 0.0927 e. The van der Waals surface area contributed by atoms with Gasteiger partial charge in [0.2, 0.25) is 0 Å². The highest BCUT2D eigenvalue weighted by Gasteiger charge is 2.06. The van der Waals surface area contributed by atoms with Crippen molar-refractivity contribution in [3.05, 3.63) is 65.5 Å². The van der Waals surface area contributed by atoms with Crippen molar-refractivity contribution in [2.24, 2.45) is 5.16 Å². The van der Waals surface area contributed by atoms with E-state index < -0.39 is 0 Å². The standard InChI is InChI=1S/C14H14N2O.2C2H6/c1-11-5-4-6-12(9-11)14(16-17)10-13-7-2-3-8-15-13;2*1-2/h2-9,17H,10H2,1H3;2*1-2H3. The van der Waals surface area contributed by atoms with Crippen molar-refractivity contribution in [2.45, 2.75) is 41.0 Å². The molecule has 114 valence electrons. The molecule has 0 aliphatic rings. The Morgan fingerprint density at radius 2 is 1.76 bits per heavy atom. The van der Waals surface area contributed by atoms with Gasteiger partial charge in [0.1, 0.15) is 0 Å². The highest BCUT2D eigenvalue weighted by atomic mass is 16.4. The van der Waals surface area contributed by atoms with E-state index in [-0.39, 0.29) is 0 Å². The zero-order valence-corrected chi connectivity index (χ0v) is 13.7. The number of rotatable bonds is 3. The minimum absolute atomic E-state index is 0.529. The Morgan fingerprint density at radius 1 is 1.05 bits per heavy atom. The van der Waals surface area contributed by atoms with Crippen molar-refractivity contribution < 1.29 is 5.21 Å². The van der Waals surface area contributed by atoms with Crippen LogP contribution in [0.2, 0.25) is 0 Å². The minimum Gasteiger partial charge on any atom is -0.411 e. The van der Waals surface area contributed by atoms with E-state index in [4.69, 9.17) is 5.21 Å². The Morgan fingerprint density at radius 3 is 2.29 bits per heavy atom. The lowest BCUT2D eigenvalue weighted by Gasteiger charge is -2.05. The van der Waals surface area contributed by atoms with Crippen LogP contribution in [0.5, 0.6) is 0 Å². The van der Waals surface area contributed by atoms with Gasteiger partial charge < -0.3 is 5.21 Å². The number of benzene rings is 1. The Labute approximate surface area is 128 Å². The molecule has 1 aromatic heterocycles. The summed E-state index contributed by atoms with van der Waals surface area (Å²) in [6.07, 6.45) is 2.27. The Balaban J connectivity index is 0.000000921. The van der Waals surface area contributed by atoms with E-state index in [1.165, 1.54) is 0 Å². The second-order valence-corrected chi connectivity index (χ2v) is 3.91. The van der Waals surface area contributed by atoms with Gasteiger partial charge in [-0.15, -0.1) is 0 Å². The van der Waals surface area contributed by atoms with Crippen LogP contribution in [0, 0.1) is 6.92 Å². The van der Waals surface area contributed by atoms with Crippen molar-refractivity contribution in [2.75, 3.05) is 0 Å². The molecule has 0 fully saturated rings. The zero-order chi connectivity index (χ0) is 16.1. The number of hydrogen-bond donors (Lipinski definition) is 1. The van der Waals surface area contributed by atoms with Crippen LogP contribution in [0.15, 0.2) is 53.8 Å². The molecule has 1 heterocycles. The largest absolute Gasteiger partial charge is 0.411 e. The summed E-state index contributed by atoms with van der Waals surface area (Å²) in [7, 11) is 0. The summed E-state index contributed by atoms with van der Waals surface area (Å²) in [5.41, 5.74) is 3.59. The van der Waals surface area contributed by atoms with E-state index in [1.54, 1.807) is 6.20 Å². The number of aryl methyl sites for hydroxylation is 1. The molecule has 0 amide bonds. The molecular weight excluding hydrogens is 260 g/mol. The molecule has 0 aliphatic carbocycles. The van der Waals surface area contributed by atoms with Crippen LogP contribution in [0.4, 0.5) is 0 Å². The number of pyridine rings is 1. The van der Waals surface area contributed by atoms with Crippen LogP contribution >= 0.6 is 0 Å². The highest BCUT2D eigenvalue weighted by molar-refractivity contribution is 6.01. The first-order chi connectivity index (χ1) is 10.3. The Bertz CT molecular complexity index is 522. The van der Waals surface area contributed by atoms with E-state index in [0.717, 1.165) is 16.8 Å². The van der Waals surface area contributed by atoms with Crippen molar-refractivity contribution in [1.82, 2.24) is 4.98 Å². The van der Waals surface area contributed by atoms with E-state index >= 15 is 0 Å². The first kappa shape index (κ1) is 18.8. The molecule has 0 atom stereocenters. The normalized spacial score (nSPS) is 9.86. The number of nitrogens with zero attached hydrogens (tertiary/aromatic N) is 2. The fraction of sp³-hybridized carbons (Fsp3) is 0.333. The summed E-state index contributed by atoms with van der Waals surface area (Å²) in [5.74, 6) is 0. The Hall–Kier alpha value is -2.16. The van der Waals surface area contributed by atoms with Crippen LogP contribution in [-0.2, 0) is 6.42 Å². The Kier molecular flexibility index (Phi) is 10.5. The summed E-state index contributed by atoms with van der Waals surface area (Å²) < 4.78 is 0. The molecule has 2 aromatic rings. The lowest BCUT2D eigenvalue weighted by molar-refractivity contribution is 0.318. The molecule has 0 aliphatic heterocycles. The average molecular weight is 286 g/mol. The van der Waals surface area contributed by atoms with Gasteiger partial charge in [-0.2, -0.15) is 0 Å². The van der Waals surface area contributed by atoms with Crippen molar-refractivity contribution in [1.29, 1.82) is 0 Å². The van der Waals surface area contributed by atoms with E-state index in [2.05, 4.69) is 10.1 Å². The topological polar surface area (TPSA) is 45.5 Å². The predicted molar refractivity (Wildman–Crippen MR) is 90.1 cm³/mol. The van der Waals surface area contributed by atoms with Crippen LogP contribution in [0.1, 0.15) is 44.5 Å². The average Bonchev–Trinajstić information content (AvgIpc) is 2.57. The van der Waals surface area contributed by atoms with Crippen molar-refractivity contribution >= 4 is 5.71 Å². The summed E-state index contributed by atoms with van der Waals surface area (Å²) in [5, 5.41) is 12.5. The first-order valence-electron chi connectivity index (χ1n) is 7.47. The van der Waals surface area contributed by atoms with Gasteiger partial charge >= 0.3 is 0 Å². The van der Waals surface area contributed by atoms with Crippen LogP contribution in [0.3, 0.4) is 0 Å². The van der Waals surface area contributed by atoms with E-state index in [0.29, 0.717) is 12.1 Å². The molecule has 0 saturated heterocycles. The SMILES string of the molecule is CC.CC.Cc1cccc(C(Cc2ccccn2)=NO)c1. The summed E-state index contributed by atoms with van der Waals surface area (Å²) >= 11 is 0. The fourth-order valence-electron chi connectivity index (χ4n) is 1.69. The molecule has 1 N–H and O–H groups in total. The smallest absolute Gasteiger partial charge is 0.0927 e. The summed E-state index contributed by atoms with van der Waals surface area (Å²) in [6, 6.07) is 13.6. The molecular formula is C18H26N2O. The fourth-order valence-corrected chi connectivity index (χ4v) is 1.69. The van der Waals surface area contributed by atoms with Gasteiger partial charge in [0.05, 0.1) is 5.71 Å². The quantitative estimate of drug-likeness (QED) is 0.497. The molecule has 3 nitrogen and oxygen atoms in total. The molecule has 0 spiro atoms. The maximum atomic E-state index is 9.09. The lowest BCUT2D eigenvalue weighted by atomic mass is 10.0. The lowest BCUT2D eigenvalue weighted by Crippen LogP contribution is -2.06. The van der Waals surface area contributed by atoms with Crippen LogP contribution < -0.4 is 0 Å². The molecule has 21 heavy (non-hydrogen) atoms. The van der Waals surface area contributed by atoms with Gasteiger partial charge in [0.25, 0.3) is 0 Å². The van der Waals surface area contributed by atoms with Gasteiger partial charge in [-0.1, -0.05) is 68.7 Å². The minimum atomic E-state index is 0.529. The van der Waals surface area contributed by atoms with Gasteiger partial charge in [0.15, 0.2) is 0 Å². The van der Waals surface area contributed by atoms with Crippen LogP contribution in [-0.4, -0.2) is 15.9 Å². The molecule has 0 saturated carbocycles. The molecule has 0 unspecified atom stereocenters. The number of oxime groups is 1. The van der Waals surface area contributed by atoms with Gasteiger partial charge in [-0.25, -0.2) is 0 Å². The van der Waals surface area contributed by atoms with Gasteiger partial charge in [-0.05, 0) is 24.6 Å². The summed E-state index contributed by atoms with van der Waals surface area (Å²) in [4.78, 5) is 4.22. The third-order valence-corrected chi connectivity index (χ3v) is 2.55.